The Bertz CT molecular complexity index is 827. The maximum absolute atomic E-state index is 13.0. The molecular formula is C20H23NO5S. The van der Waals surface area contributed by atoms with Gasteiger partial charge >= 0.3 is 11.9 Å². The standard InChI is InChI=1S/C20H23NO5S/c1-2-26-20(25)16-12-5-3-4-6-13(12)27-18(16)21-17(22)14-10-7-8-11(9-10)15(14)19(23)24/h7-8,10-11,14-15H,2-6,9H2,1H3,(H,21,22)(H,23,24)/t10-,11+,14-,15-/m0/s1. The van der Waals surface area contributed by atoms with Crippen LogP contribution in [-0.2, 0) is 27.2 Å². The molecule has 0 spiro atoms. The van der Waals surface area contributed by atoms with Crippen LogP contribution in [0.2, 0.25) is 0 Å². The molecule has 27 heavy (non-hydrogen) atoms. The monoisotopic (exact) mass is 389 g/mol. The second kappa shape index (κ2) is 7.11. The molecule has 1 aromatic rings. The van der Waals surface area contributed by atoms with Gasteiger partial charge in [0.25, 0.3) is 0 Å². The number of anilines is 1. The van der Waals surface area contributed by atoms with Crippen molar-refractivity contribution in [1.29, 1.82) is 0 Å². The minimum atomic E-state index is -0.928. The first-order valence-corrected chi connectivity index (χ1v) is 10.4. The van der Waals surface area contributed by atoms with Gasteiger partial charge in [-0.1, -0.05) is 12.2 Å². The van der Waals surface area contributed by atoms with E-state index in [1.807, 2.05) is 12.2 Å². The lowest BCUT2D eigenvalue weighted by Crippen LogP contribution is -2.36. The number of amides is 1. The van der Waals surface area contributed by atoms with Gasteiger partial charge in [0.05, 0.1) is 24.0 Å². The third kappa shape index (κ3) is 3.08. The van der Waals surface area contributed by atoms with E-state index >= 15 is 0 Å². The summed E-state index contributed by atoms with van der Waals surface area (Å²) in [5.41, 5.74) is 1.46. The lowest BCUT2D eigenvalue weighted by molar-refractivity contribution is -0.146. The van der Waals surface area contributed by atoms with E-state index in [1.54, 1.807) is 6.92 Å². The Morgan fingerprint density at radius 1 is 1.19 bits per heavy atom. The van der Waals surface area contributed by atoms with Crippen molar-refractivity contribution >= 4 is 34.2 Å². The van der Waals surface area contributed by atoms with Gasteiger partial charge in [0, 0.05) is 4.88 Å². The molecule has 4 atom stereocenters. The highest BCUT2D eigenvalue weighted by Crippen LogP contribution is 2.49. The molecule has 3 aliphatic carbocycles. The normalized spacial score (nSPS) is 28.0. The number of carbonyl (C=O) groups excluding carboxylic acids is 2. The van der Waals surface area contributed by atoms with Gasteiger partial charge in [-0.3, -0.25) is 9.59 Å². The highest BCUT2D eigenvalue weighted by molar-refractivity contribution is 7.17. The molecule has 6 nitrogen and oxygen atoms in total. The zero-order chi connectivity index (χ0) is 19.1. The third-order valence-corrected chi connectivity index (χ3v) is 7.14. The maximum Gasteiger partial charge on any atom is 0.341 e. The summed E-state index contributed by atoms with van der Waals surface area (Å²) >= 11 is 1.43. The number of esters is 1. The number of carbonyl (C=O) groups is 3. The summed E-state index contributed by atoms with van der Waals surface area (Å²) in [6.07, 6.45) is 8.38. The quantitative estimate of drug-likeness (QED) is 0.596. The van der Waals surface area contributed by atoms with Crippen LogP contribution in [0.3, 0.4) is 0 Å². The topological polar surface area (TPSA) is 92.7 Å². The highest BCUT2D eigenvalue weighted by Gasteiger charge is 2.51. The van der Waals surface area contributed by atoms with Crippen LogP contribution >= 0.6 is 11.3 Å². The molecule has 0 radical (unpaired) electrons. The molecule has 1 aromatic heterocycles. The van der Waals surface area contributed by atoms with E-state index in [2.05, 4.69) is 5.32 Å². The Balaban J connectivity index is 1.63. The van der Waals surface area contributed by atoms with E-state index in [0.29, 0.717) is 17.0 Å². The number of aliphatic carboxylic acids is 1. The molecule has 0 saturated heterocycles. The fourth-order valence-corrected chi connectivity index (χ4v) is 6.07. The summed E-state index contributed by atoms with van der Waals surface area (Å²) in [6, 6.07) is 0. The Morgan fingerprint density at radius 3 is 2.59 bits per heavy atom. The summed E-state index contributed by atoms with van der Waals surface area (Å²) in [4.78, 5) is 38.4. The van der Waals surface area contributed by atoms with Gasteiger partial charge in [0.2, 0.25) is 5.91 Å². The minimum absolute atomic E-state index is 0.0447. The van der Waals surface area contributed by atoms with E-state index in [-0.39, 0.29) is 24.3 Å². The van der Waals surface area contributed by atoms with Gasteiger partial charge in [-0.05, 0) is 56.4 Å². The van der Waals surface area contributed by atoms with Crippen molar-refractivity contribution in [1.82, 2.24) is 0 Å². The van der Waals surface area contributed by atoms with Crippen molar-refractivity contribution < 1.29 is 24.2 Å². The molecule has 3 aliphatic rings. The lowest BCUT2D eigenvalue weighted by atomic mass is 9.82. The van der Waals surface area contributed by atoms with Crippen LogP contribution in [0.5, 0.6) is 0 Å². The summed E-state index contributed by atoms with van der Waals surface area (Å²) in [7, 11) is 0. The molecule has 2 bridgehead atoms. The van der Waals surface area contributed by atoms with E-state index < -0.39 is 23.8 Å². The predicted molar refractivity (Wildman–Crippen MR) is 101 cm³/mol. The first-order valence-electron chi connectivity index (χ1n) is 9.55. The number of fused-ring (bicyclic) bond motifs is 3. The number of allylic oxidation sites excluding steroid dienone is 2. The summed E-state index contributed by atoms with van der Waals surface area (Å²) in [5.74, 6) is -3.05. The zero-order valence-corrected chi connectivity index (χ0v) is 16.0. The van der Waals surface area contributed by atoms with Gasteiger partial charge in [0.1, 0.15) is 5.00 Å². The van der Waals surface area contributed by atoms with Crippen molar-refractivity contribution in [2.75, 3.05) is 11.9 Å². The lowest BCUT2D eigenvalue weighted by Gasteiger charge is -2.23. The molecule has 1 saturated carbocycles. The van der Waals surface area contributed by atoms with Crippen LogP contribution in [0.15, 0.2) is 12.2 Å². The highest BCUT2D eigenvalue weighted by atomic mass is 32.1. The second-order valence-corrected chi connectivity index (χ2v) is 8.57. The Labute approximate surface area is 161 Å². The SMILES string of the molecule is CCOC(=O)c1c(NC(=O)[C@@H]2[C@@H](C(=O)O)[C@@H]3C=C[C@H]2C3)sc2c1CCCC2. The Hall–Kier alpha value is -2.15. The van der Waals surface area contributed by atoms with E-state index in [9.17, 15) is 19.5 Å². The molecule has 0 aromatic carbocycles. The molecule has 0 aliphatic heterocycles. The second-order valence-electron chi connectivity index (χ2n) is 7.46. The van der Waals surface area contributed by atoms with Crippen LogP contribution in [0.1, 0.15) is 47.0 Å². The molecule has 144 valence electrons. The number of rotatable bonds is 5. The zero-order valence-electron chi connectivity index (χ0n) is 15.2. The summed E-state index contributed by atoms with van der Waals surface area (Å²) in [5, 5.41) is 13.0. The number of aryl methyl sites for hydroxylation is 1. The number of carboxylic acids is 1. The van der Waals surface area contributed by atoms with E-state index in [1.165, 1.54) is 11.3 Å². The summed E-state index contributed by atoms with van der Waals surface area (Å²) in [6.45, 7) is 2.03. The van der Waals surface area contributed by atoms with E-state index in [0.717, 1.165) is 36.1 Å². The number of nitrogens with one attached hydrogen (secondary N) is 1. The van der Waals surface area contributed by atoms with Gasteiger partial charge in [-0.2, -0.15) is 0 Å². The summed E-state index contributed by atoms with van der Waals surface area (Å²) < 4.78 is 5.22. The molecule has 7 heteroatoms. The molecule has 4 rings (SSSR count). The van der Waals surface area contributed by atoms with Crippen molar-refractivity contribution in [3.05, 3.63) is 28.2 Å². The van der Waals surface area contributed by atoms with Crippen molar-refractivity contribution in [2.24, 2.45) is 23.7 Å². The molecule has 1 heterocycles. The average Bonchev–Trinajstić information content (AvgIpc) is 3.33. The van der Waals surface area contributed by atoms with Crippen molar-refractivity contribution in [2.45, 2.75) is 39.0 Å². The van der Waals surface area contributed by atoms with Crippen LogP contribution < -0.4 is 5.32 Å². The fraction of sp³-hybridized carbons (Fsp3) is 0.550. The number of hydrogen-bond acceptors (Lipinski definition) is 5. The molecular weight excluding hydrogens is 366 g/mol. The average molecular weight is 389 g/mol. The first kappa shape index (κ1) is 18.2. The number of thiophene rings is 1. The Morgan fingerprint density at radius 2 is 1.89 bits per heavy atom. The molecule has 1 fully saturated rings. The van der Waals surface area contributed by atoms with Gasteiger partial charge in [-0.25, -0.2) is 4.79 Å². The van der Waals surface area contributed by atoms with Gasteiger partial charge < -0.3 is 15.2 Å². The third-order valence-electron chi connectivity index (χ3n) is 5.93. The molecule has 2 N–H and O–H groups in total. The Kier molecular flexibility index (Phi) is 4.80. The minimum Gasteiger partial charge on any atom is -0.481 e. The van der Waals surface area contributed by atoms with Gasteiger partial charge in [0.15, 0.2) is 0 Å². The smallest absolute Gasteiger partial charge is 0.341 e. The van der Waals surface area contributed by atoms with Gasteiger partial charge in [-0.15, -0.1) is 11.3 Å². The largest absolute Gasteiger partial charge is 0.481 e. The first-order chi connectivity index (χ1) is 13.0. The van der Waals surface area contributed by atoms with Crippen LogP contribution in [-0.4, -0.2) is 29.6 Å². The number of hydrogen-bond donors (Lipinski definition) is 2. The molecule has 0 unspecified atom stereocenters. The van der Waals surface area contributed by atoms with Crippen LogP contribution in [0.4, 0.5) is 5.00 Å². The van der Waals surface area contributed by atoms with Crippen molar-refractivity contribution in [3.63, 3.8) is 0 Å². The predicted octanol–water partition coefficient (Wildman–Crippen LogP) is 3.27. The number of ether oxygens (including phenoxy) is 1. The number of carboxylic acid groups (broad SMARTS) is 1. The molecule has 1 amide bonds. The van der Waals surface area contributed by atoms with E-state index in [4.69, 9.17) is 4.74 Å². The fourth-order valence-electron chi connectivity index (χ4n) is 4.78. The maximum atomic E-state index is 13.0. The van der Waals surface area contributed by atoms with Crippen molar-refractivity contribution in [3.8, 4) is 0 Å². The van der Waals surface area contributed by atoms with Crippen LogP contribution in [0.25, 0.3) is 0 Å². The van der Waals surface area contributed by atoms with Crippen LogP contribution in [0, 0.1) is 23.7 Å².